The molecule has 14 heavy (non-hydrogen) atoms. The van der Waals surface area contributed by atoms with Crippen LogP contribution in [0.15, 0.2) is 0 Å². The molecule has 2 N–H and O–H groups in total. The highest BCUT2D eigenvalue weighted by Crippen LogP contribution is 2.29. The number of esters is 1. The predicted octanol–water partition coefficient (Wildman–Crippen LogP) is 1.70. The number of rotatable bonds is 6. The minimum Gasteiger partial charge on any atom is -0.465 e. The van der Waals surface area contributed by atoms with Crippen LogP contribution in [0.3, 0.4) is 0 Å². The molecule has 82 valence electrons. The molecule has 0 heterocycles. The third-order valence-electron chi connectivity index (χ3n) is 3.00. The Morgan fingerprint density at radius 3 is 2.79 bits per heavy atom. The third kappa shape index (κ3) is 3.66. The average Bonchev–Trinajstić information content (AvgIpc) is 2.09. The fourth-order valence-corrected chi connectivity index (χ4v) is 1.62. The van der Waals surface area contributed by atoms with Gasteiger partial charge in [-0.1, -0.05) is 26.2 Å². The lowest BCUT2D eigenvalue weighted by Gasteiger charge is -2.25. The zero-order chi connectivity index (χ0) is 10.4. The fourth-order valence-electron chi connectivity index (χ4n) is 1.62. The second kappa shape index (κ2) is 6.02. The monoisotopic (exact) mass is 199 g/mol. The summed E-state index contributed by atoms with van der Waals surface area (Å²) in [6.45, 7) is 3.02. The molecular weight excluding hydrogens is 178 g/mol. The van der Waals surface area contributed by atoms with Gasteiger partial charge >= 0.3 is 5.97 Å². The van der Waals surface area contributed by atoms with Crippen molar-refractivity contribution in [2.45, 2.75) is 39.0 Å². The first-order valence-corrected chi connectivity index (χ1v) is 5.60. The fraction of sp³-hybridized carbons (Fsp3) is 0.909. The number of carbonyl (C=O) groups is 1. The lowest BCUT2D eigenvalue weighted by atomic mass is 9.83. The van der Waals surface area contributed by atoms with E-state index in [9.17, 15) is 4.79 Å². The molecule has 1 unspecified atom stereocenters. The normalized spacial score (nSPS) is 18.7. The Bertz CT molecular complexity index is 178. The largest absolute Gasteiger partial charge is 0.465 e. The van der Waals surface area contributed by atoms with Gasteiger partial charge in [-0.05, 0) is 25.3 Å². The minimum atomic E-state index is -0.0882. The molecule has 0 aromatic heterocycles. The summed E-state index contributed by atoms with van der Waals surface area (Å²) >= 11 is 0. The molecule has 1 saturated carbocycles. The van der Waals surface area contributed by atoms with Crippen molar-refractivity contribution < 1.29 is 9.53 Å². The van der Waals surface area contributed by atoms with E-state index in [0.717, 1.165) is 18.8 Å². The van der Waals surface area contributed by atoms with Crippen molar-refractivity contribution >= 4 is 5.97 Å². The zero-order valence-corrected chi connectivity index (χ0v) is 9.00. The van der Waals surface area contributed by atoms with Crippen LogP contribution in [-0.2, 0) is 9.53 Å². The Morgan fingerprint density at radius 1 is 1.57 bits per heavy atom. The van der Waals surface area contributed by atoms with Gasteiger partial charge in [-0.25, -0.2) is 0 Å². The van der Waals surface area contributed by atoms with E-state index in [1.54, 1.807) is 0 Å². The van der Waals surface area contributed by atoms with Gasteiger partial charge in [0.2, 0.25) is 0 Å². The molecule has 1 atom stereocenters. The smallest absolute Gasteiger partial charge is 0.308 e. The van der Waals surface area contributed by atoms with Crippen LogP contribution in [0.25, 0.3) is 0 Å². The molecule has 1 aliphatic carbocycles. The number of nitrogens with two attached hydrogens (primary N) is 1. The lowest BCUT2D eigenvalue weighted by Crippen LogP contribution is -2.20. The van der Waals surface area contributed by atoms with E-state index in [0.29, 0.717) is 13.2 Å². The van der Waals surface area contributed by atoms with Gasteiger partial charge in [0, 0.05) is 0 Å². The Hall–Kier alpha value is -0.570. The van der Waals surface area contributed by atoms with E-state index < -0.39 is 0 Å². The molecule has 3 nitrogen and oxygen atoms in total. The Morgan fingerprint density at radius 2 is 2.29 bits per heavy atom. The summed E-state index contributed by atoms with van der Waals surface area (Å²) in [6.07, 6.45) is 5.75. The van der Waals surface area contributed by atoms with E-state index in [2.05, 4.69) is 0 Å². The SMILES string of the molecule is CC(CCN)C(=O)OCCC1CCC1. The van der Waals surface area contributed by atoms with Crippen LogP contribution >= 0.6 is 0 Å². The van der Waals surface area contributed by atoms with Crippen LogP contribution in [0.2, 0.25) is 0 Å². The van der Waals surface area contributed by atoms with Crippen molar-refractivity contribution in [2.75, 3.05) is 13.2 Å². The first kappa shape index (κ1) is 11.5. The van der Waals surface area contributed by atoms with Gasteiger partial charge < -0.3 is 10.5 Å². The molecule has 0 saturated heterocycles. The number of hydrogen-bond donors (Lipinski definition) is 1. The highest BCUT2D eigenvalue weighted by Gasteiger charge is 2.18. The van der Waals surface area contributed by atoms with Gasteiger partial charge in [0.25, 0.3) is 0 Å². The third-order valence-corrected chi connectivity index (χ3v) is 3.00. The molecule has 0 spiro atoms. The Balaban J connectivity index is 2.01. The van der Waals surface area contributed by atoms with Crippen molar-refractivity contribution in [3.05, 3.63) is 0 Å². The summed E-state index contributed by atoms with van der Waals surface area (Å²) in [7, 11) is 0. The van der Waals surface area contributed by atoms with Crippen molar-refractivity contribution in [3.8, 4) is 0 Å². The van der Waals surface area contributed by atoms with Crippen molar-refractivity contribution in [3.63, 3.8) is 0 Å². The van der Waals surface area contributed by atoms with Crippen molar-refractivity contribution in [1.29, 1.82) is 0 Å². The second-order valence-electron chi connectivity index (χ2n) is 4.23. The molecule has 1 rings (SSSR count). The van der Waals surface area contributed by atoms with Crippen LogP contribution in [0.1, 0.15) is 39.0 Å². The van der Waals surface area contributed by atoms with Crippen LogP contribution in [0.4, 0.5) is 0 Å². The maximum Gasteiger partial charge on any atom is 0.308 e. The topological polar surface area (TPSA) is 52.3 Å². The zero-order valence-electron chi connectivity index (χ0n) is 9.00. The summed E-state index contributed by atoms with van der Waals surface area (Å²) in [4.78, 5) is 11.3. The number of carbonyl (C=O) groups excluding carboxylic acids is 1. The van der Waals surface area contributed by atoms with Gasteiger partial charge in [-0.2, -0.15) is 0 Å². The maximum absolute atomic E-state index is 11.3. The standard InChI is InChI=1S/C11H21NO2/c1-9(5-7-12)11(13)14-8-6-10-3-2-4-10/h9-10H,2-8,12H2,1H3. The van der Waals surface area contributed by atoms with Crippen LogP contribution in [-0.4, -0.2) is 19.1 Å². The van der Waals surface area contributed by atoms with Crippen LogP contribution < -0.4 is 5.73 Å². The van der Waals surface area contributed by atoms with Crippen LogP contribution in [0, 0.1) is 11.8 Å². The first-order valence-electron chi connectivity index (χ1n) is 5.60. The van der Waals surface area contributed by atoms with E-state index in [-0.39, 0.29) is 11.9 Å². The summed E-state index contributed by atoms with van der Waals surface area (Å²) in [5, 5.41) is 0. The van der Waals surface area contributed by atoms with E-state index in [1.807, 2.05) is 6.92 Å². The van der Waals surface area contributed by atoms with E-state index >= 15 is 0 Å². The summed E-state index contributed by atoms with van der Waals surface area (Å²) in [5.41, 5.74) is 5.37. The van der Waals surface area contributed by atoms with Crippen LogP contribution in [0.5, 0.6) is 0 Å². The van der Waals surface area contributed by atoms with Gasteiger partial charge in [0.05, 0.1) is 12.5 Å². The molecule has 1 aliphatic rings. The van der Waals surface area contributed by atoms with E-state index in [1.165, 1.54) is 19.3 Å². The minimum absolute atomic E-state index is 0.0404. The van der Waals surface area contributed by atoms with Crippen molar-refractivity contribution in [2.24, 2.45) is 17.6 Å². The molecular formula is C11H21NO2. The average molecular weight is 199 g/mol. The van der Waals surface area contributed by atoms with Gasteiger partial charge in [0.1, 0.15) is 0 Å². The molecule has 0 aliphatic heterocycles. The molecule has 0 bridgehead atoms. The van der Waals surface area contributed by atoms with E-state index in [4.69, 9.17) is 10.5 Å². The second-order valence-corrected chi connectivity index (χ2v) is 4.23. The highest BCUT2D eigenvalue weighted by molar-refractivity contribution is 5.71. The predicted molar refractivity (Wildman–Crippen MR) is 55.8 cm³/mol. The molecule has 0 aromatic carbocycles. The van der Waals surface area contributed by atoms with Gasteiger partial charge in [0.15, 0.2) is 0 Å². The Kier molecular flexibility index (Phi) is 4.94. The summed E-state index contributed by atoms with van der Waals surface area (Å²) in [5.74, 6) is 0.684. The number of hydrogen-bond acceptors (Lipinski definition) is 3. The molecule has 0 aromatic rings. The van der Waals surface area contributed by atoms with Gasteiger partial charge in [-0.3, -0.25) is 4.79 Å². The summed E-state index contributed by atoms with van der Waals surface area (Å²) < 4.78 is 5.17. The maximum atomic E-state index is 11.3. The first-order chi connectivity index (χ1) is 6.74. The Labute approximate surface area is 86.0 Å². The molecule has 0 amide bonds. The summed E-state index contributed by atoms with van der Waals surface area (Å²) in [6, 6.07) is 0. The quantitative estimate of drug-likeness (QED) is 0.662. The van der Waals surface area contributed by atoms with Gasteiger partial charge in [-0.15, -0.1) is 0 Å². The highest BCUT2D eigenvalue weighted by atomic mass is 16.5. The van der Waals surface area contributed by atoms with Crippen molar-refractivity contribution in [1.82, 2.24) is 0 Å². The number of ether oxygens (including phenoxy) is 1. The molecule has 1 fully saturated rings. The molecule has 3 heteroatoms. The molecule has 0 radical (unpaired) electrons. The lowest BCUT2D eigenvalue weighted by molar-refractivity contribution is -0.148.